The average Bonchev–Trinajstić information content (AvgIpc) is 2.64. The Morgan fingerprint density at radius 3 is 2.93 bits per heavy atom. The highest BCUT2D eigenvalue weighted by Gasteiger charge is 2.08. The summed E-state index contributed by atoms with van der Waals surface area (Å²) in [5.41, 5.74) is 6.52. The van der Waals surface area contributed by atoms with Crippen LogP contribution in [0.5, 0.6) is 0 Å². The van der Waals surface area contributed by atoms with E-state index >= 15 is 0 Å². The Labute approximate surface area is 85.8 Å². The first-order valence-electron chi connectivity index (χ1n) is 4.28. The highest BCUT2D eigenvalue weighted by molar-refractivity contribution is 5.89. The summed E-state index contributed by atoms with van der Waals surface area (Å²) in [4.78, 5) is 22.6. The number of rotatable bonds is 2. The van der Waals surface area contributed by atoms with Crippen LogP contribution in [0, 0.1) is 0 Å². The van der Waals surface area contributed by atoms with Gasteiger partial charge in [0, 0.05) is 13.2 Å². The summed E-state index contributed by atoms with van der Waals surface area (Å²) >= 11 is 0. The lowest BCUT2D eigenvalue weighted by molar-refractivity contribution is 0.0990. The molecule has 1 amide bonds. The highest BCUT2D eigenvalue weighted by atomic mass is 16.1. The molecule has 2 aromatic rings. The molecule has 2 heterocycles. The molecule has 0 saturated heterocycles. The predicted octanol–water partition coefficient (Wildman–Crippen LogP) is -0.0240. The van der Waals surface area contributed by atoms with E-state index < -0.39 is 5.91 Å². The molecule has 76 valence electrons. The van der Waals surface area contributed by atoms with Gasteiger partial charge in [0.2, 0.25) is 5.82 Å². The summed E-state index contributed by atoms with van der Waals surface area (Å²) in [7, 11) is 1.84. The van der Waals surface area contributed by atoms with Crippen LogP contribution >= 0.6 is 0 Å². The van der Waals surface area contributed by atoms with Crippen LogP contribution in [0.25, 0.3) is 11.4 Å². The van der Waals surface area contributed by atoms with Crippen molar-refractivity contribution < 1.29 is 4.79 Å². The van der Waals surface area contributed by atoms with Gasteiger partial charge in [0.25, 0.3) is 5.91 Å². The third-order valence-corrected chi connectivity index (χ3v) is 1.96. The molecule has 15 heavy (non-hydrogen) atoms. The normalized spacial score (nSPS) is 10.2. The van der Waals surface area contributed by atoms with Crippen LogP contribution in [0.3, 0.4) is 0 Å². The molecule has 2 aromatic heterocycles. The van der Waals surface area contributed by atoms with E-state index in [0.29, 0.717) is 5.69 Å². The number of carbonyl (C=O) groups is 1. The zero-order chi connectivity index (χ0) is 10.8. The van der Waals surface area contributed by atoms with Gasteiger partial charge in [-0.1, -0.05) is 0 Å². The van der Waals surface area contributed by atoms with Crippen LogP contribution in [0.15, 0.2) is 24.8 Å². The molecule has 2 N–H and O–H groups in total. The summed E-state index contributed by atoms with van der Waals surface area (Å²) in [6.07, 6.45) is 4.81. The second-order valence-corrected chi connectivity index (χ2v) is 3.02. The smallest absolute Gasteiger partial charge is 0.286 e. The molecule has 0 aliphatic carbocycles. The van der Waals surface area contributed by atoms with Crippen LogP contribution < -0.4 is 5.73 Å². The Bertz CT molecular complexity index is 505. The van der Waals surface area contributed by atoms with E-state index in [2.05, 4.69) is 15.0 Å². The highest BCUT2D eigenvalue weighted by Crippen LogP contribution is 2.14. The van der Waals surface area contributed by atoms with Crippen LogP contribution in [0.4, 0.5) is 0 Å². The number of aryl methyl sites for hydroxylation is 1. The minimum Gasteiger partial charge on any atom is -0.363 e. The van der Waals surface area contributed by atoms with Crippen molar-refractivity contribution in [2.45, 2.75) is 0 Å². The van der Waals surface area contributed by atoms with Gasteiger partial charge in [-0.25, -0.2) is 15.0 Å². The number of primary amides is 1. The largest absolute Gasteiger partial charge is 0.363 e. The van der Waals surface area contributed by atoms with E-state index in [-0.39, 0.29) is 5.82 Å². The second kappa shape index (κ2) is 3.49. The fraction of sp³-hybridized carbons (Fsp3) is 0.111. The van der Waals surface area contributed by atoms with E-state index in [1.807, 2.05) is 7.05 Å². The lowest BCUT2D eigenvalue weighted by Crippen LogP contribution is -2.15. The fourth-order valence-electron chi connectivity index (χ4n) is 1.22. The first-order valence-corrected chi connectivity index (χ1v) is 4.28. The molecule has 2 rings (SSSR count). The zero-order valence-corrected chi connectivity index (χ0v) is 8.08. The Hall–Kier alpha value is -2.24. The summed E-state index contributed by atoms with van der Waals surface area (Å²) in [6.45, 7) is 0. The Morgan fingerprint density at radius 2 is 2.33 bits per heavy atom. The van der Waals surface area contributed by atoms with Crippen molar-refractivity contribution >= 4 is 5.91 Å². The minimum absolute atomic E-state index is 0.00806. The third kappa shape index (κ3) is 1.69. The van der Waals surface area contributed by atoms with Gasteiger partial charge >= 0.3 is 0 Å². The molecule has 0 saturated carbocycles. The fourth-order valence-corrected chi connectivity index (χ4v) is 1.22. The number of aromatic nitrogens is 4. The third-order valence-electron chi connectivity index (χ3n) is 1.96. The van der Waals surface area contributed by atoms with E-state index in [4.69, 9.17) is 5.73 Å². The maximum absolute atomic E-state index is 10.9. The standard InChI is InChI=1S/C9H9N5O/c1-14-5-11-4-7(14)6-2-3-12-9(13-6)8(10)15/h2-5H,1H3,(H2,10,15). The molecular formula is C9H9N5O. The molecule has 0 aliphatic heterocycles. The van der Waals surface area contributed by atoms with Crippen LogP contribution in [-0.4, -0.2) is 25.4 Å². The lowest BCUT2D eigenvalue weighted by Gasteiger charge is -2.01. The molecule has 0 atom stereocenters. The van der Waals surface area contributed by atoms with Gasteiger partial charge in [0.05, 0.1) is 23.9 Å². The Balaban J connectivity index is 2.50. The molecule has 0 aromatic carbocycles. The average molecular weight is 203 g/mol. The molecule has 0 bridgehead atoms. The van der Waals surface area contributed by atoms with E-state index in [1.165, 1.54) is 6.20 Å². The van der Waals surface area contributed by atoms with Crippen molar-refractivity contribution in [3.63, 3.8) is 0 Å². The molecule has 0 aliphatic rings. The van der Waals surface area contributed by atoms with Crippen molar-refractivity contribution in [2.75, 3.05) is 0 Å². The Kier molecular flexibility index (Phi) is 2.17. The number of amides is 1. The van der Waals surface area contributed by atoms with Gasteiger partial charge in [0.1, 0.15) is 0 Å². The van der Waals surface area contributed by atoms with Gasteiger partial charge in [0.15, 0.2) is 0 Å². The topological polar surface area (TPSA) is 86.7 Å². The summed E-state index contributed by atoms with van der Waals surface area (Å²) in [5.74, 6) is -0.632. The van der Waals surface area contributed by atoms with Gasteiger partial charge in [-0.05, 0) is 6.07 Å². The van der Waals surface area contributed by atoms with Crippen molar-refractivity contribution in [3.05, 3.63) is 30.6 Å². The molecule has 6 nitrogen and oxygen atoms in total. The first-order chi connectivity index (χ1) is 7.18. The number of nitrogens with two attached hydrogens (primary N) is 1. The number of hydrogen-bond acceptors (Lipinski definition) is 4. The van der Waals surface area contributed by atoms with Crippen LogP contribution in [-0.2, 0) is 7.05 Å². The van der Waals surface area contributed by atoms with Crippen molar-refractivity contribution in [3.8, 4) is 11.4 Å². The molecule has 0 unspecified atom stereocenters. The maximum Gasteiger partial charge on any atom is 0.286 e. The van der Waals surface area contributed by atoms with E-state index in [1.54, 1.807) is 23.2 Å². The summed E-state index contributed by atoms with van der Waals surface area (Å²) < 4.78 is 1.80. The molecule has 0 spiro atoms. The predicted molar refractivity (Wildman–Crippen MR) is 52.8 cm³/mol. The first kappa shape index (κ1) is 9.32. The Morgan fingerprint density at radius 1 is 1.53 bits per heavy atom. The molecule has 6 heteroatoms. The van der Waals surface area contributed by atoms with Gasteiger partial charge in [-0.15, -0.1) is 0 Å². The van der Waals surface area contributed by atoms with Crippen LogP contribution in [0.1, 0.15) is 10.6 Å². The molecule has 0 fully saturated rings. The summed E-state index contributed by atoms with van der Waals surface area (Å²) in [6, 6.07) is 1.70. The van der Waals surface area contributed by atoms with Gasteiger partial charge < -0.3 is 10.3 Å². The monoisotopic (exact) mass is 203 g/mol. The van der Waals surface area contributed by atoms with E-state index in [0.717, 1.165) is 5.69 Å². The lowest BCUT2D eigenvalue weighted by atomic mass is 10.3. The van der Waals surface area contributed by atoms with Crippen molar-refractivity contribution in [1.29, 1.82) is 0 Å². The number of hydrogen-bond donors (Lipinski definition) is 1. The minimum atomic E-state index is -0.640. The second-order valence-electron chi connectivity index (χ2n) is 3.02. The van der Waals surface area contributed by atoms with Crippen molar-refractivity contribution in [1.82, 2.24) is 19.5 Å². The number of imidazole rings is 1. The molecule has 0 radical (unpaired) electrons. The van der Waals surface area contributed by atoms with Gasteiger partial charge in [-0.2, -0.15) is 0 Å². The quantitative estimate of drug-likeness (QED) is 0.742. The zero-order valence-electron chi connectivity index (χ0n) is 8.08. The van der Waals surface area contributed by atoms with Gasteiger partial charge in [-0.3, -0.25) is 4.79 Å². The summed E-state index contributed by atoms with van der Waals surface area (Å²) in [5, 5.41) is 0. The van der Waals surface area contributed by atoms with Crippen molar-refractivity contribution in [2.24, 2.45) is 12.8 Å². The number of nitrogens with zero attached hydrogens (tertiary/aromatic N) is 4. The maximum atomic E-state index is 10.9. The molecular weight excluding hydrogens is 194 g/mol. The number of carbonyl (C=O) groups excluding carboxylic acids is 1. The van der Waals surface area contributed by atoms with E-state index in [9.17, 15) is 4.79 Å². The SMILES string of the molecule is Cn1cncc1-c1ccnc(C(N)=O)n1. The van der Waals surface area contributed by atoms with Crippen LogP contribution in [0.2, 0.25) is 0 Å².